The second-order valence-corrected chi connectivity index (χ2v) is 4.82. The largest absolute Gasteiger partial charge is 0.494 e. The van der Waals surface area contributed by atoms with Gasteiger partial charge >= 0.3 is 12.0 Å². The molecular weight excluding hydrogens is 272 g/mol. The molecule has 2 amide bonds. The molecule has 21 heavy (non-hydrogen) atoms. The number of benzene rings is 1. The van der Waals surface area contributed by atoms with E-state index in [-0.39, 0.29) is 12.6 Å². The first-order valence-electron chi connectivity index (χ1n) is 6.88. The fourth-order valence-electron chi connectivity index (χ4n) is 1.82. The zero-order valence-corrected chi connectivity index (χ0v) is 12.6. The standard InChI is InChI=1S/C15H22N2O4/c1-4-21-13-8-6-5-7-12(13)9-16-15(20)17(3)10-11(2)14(18)19/h5-8,11H,4,9-10H2,1-3H3,(H,16,20)(H,18,19). The Hall–Kier alpha value is -2.24. The second-order valence-electron chi connectivity index (χ2n) is 4.82. The molecule has 0 fully saturated rings. The van der Waals surface area contributed by atoms with Gasteiger partial charge in [0.2, 0.25) is 0 Å². The van der Waals surface area contributed by atoms with Crippen molar-refractivity contribution in [2.45, 2.75) is 20.4 Å². The summed E-state index contributed by atoms with van der Waals surface area (Å²) in [5, 5.41) is 11.6. The van der Waals surface area contributed by atoms with Crippen LogP contribution in [0.15, 0.2) is 24.3 Å². The number of ether oxygens (including phenoxy) is 1. The molecule has 2 N–H and O–H groups in total. The molecule has 0 aliphatic heterocycles. The normalized spacial score (nSPS) is 11.6. The van der Waals surface area contributed by atoms with Gasteiger partial charge in [-0.3, -0.25) is 4.79 Å². The van der Waals surface area contributed by atoms with E-state index in [4.69, 9.17) is 9.84 Å². The molecule has 0 aliphatic carbocycles. The van der Waals surface area contributed by atoms with Gasteiger partial charge in [0.1, 0.15) is 5.75 Å². The summed E-state index contributed by atoms with van der Waals surface area (Å²) < 4.78 is 5.48. The molecule has 1 atom stereocenters. The highest BCUT2D eigenvalue weighted by Gasteiger charge is 2.17. The van der Waals surface area contributed by atoms with Crippen LogP contribution in [-0.2, 0) is 11.3 Å². The van der Waals surface area contributed by atoms with Crippen molar-refractivity contribution in [1.29, 1.82) is 0 Å². The Bertz CT molecular complexity index is 490. The molecule has 6 heteroatoms. The summed E-state index contributed by atoms with van der Waals surface area (Å²) in [6, 6.07) is 7.17. The second kappa shape index (κ2) is 8.14. The first-order valence-corrected chi connectivity index (χ1v) is 6.88. The minimum atomic E-state index is -0.920. The van der Waals surface area contributed by atoms with E-state index >= 15 is 0 Å². The molecule has 0 spiro atoms. The van der Waals surface area contributed by atoms with Crippen LogP contribution in [0.25, 0.3) is 0 Å². The first-order chi connectivity index (χ1) is 9.95. The van der Waals surface area contributed by atoms with Crippen LogP contribution in [0.2, 0.25) is 0 Å². The van der Waals surface area contributed by atoms with Crippen LogP contribution in [0.1, 0.15) is 19.4 Å². The minimum absolute atomic E-state index is 0.161. The average Bonchev–Trinajstić information content (AvgIpc) is 2.46. The fraction of sp³-hybridized carbons (Fsp3) is 0.467. The molecular formula is C15H22N2O4. The van der Waals surface area contributed by atoms with E-state index in [2.05, 4.69) is 5.32 Å². The maximum absolute atomic E-state index is 11.9. The predicted octanol–water partition coefficient (Wildman–Crippen LogP) is 1.95. The maximum atomic E-state index is 11.9. The summed E-state index contributed by atoms with van der Waals surface area (Å²) in [5.74, 6) is -0.783. The third-order valence-corrected chi connectivity index (χ3v) is 3.02. The molecule has 0 bridgehead atoms. The highest BCUT2D eigenvalue weighted by Crippen LogP contribution is 2.17. The van der Waals surface area contributed by atoms with E-state index in [0.717, 1.165) is 11.3 Å². The number of urea groups is 1. The first kappa shape index (κ1) is 16.8. The summed E-state index contributed by atoms with van der Waals surface area (Å²) in [6.45, 7) is 4.52. The van der Waals surface area contributed by atoms with Crippen molar-refractivity contribution in [2.24, 2.45) is 5.92 Å². The Kier molecular flexibility index (Phi) is 6.52. The van der Waals surface area contributed by atoms with E-state index < -0.39 is 11.9 Å². The van der Waals surface area contributed by atoms with Gasteiger partial charge in [0.05, 0.1) is 12.5 Å². The third kappa shape index (κ3) is 5.33. The van der Waals surface area contributed by atoms with Gasteiger partial charge in [-0.15, -0.1) is 0 Å². The number of carboxylic acids is 1. The van der Waals surface area contributed by atoms with Crippen LogP contribution in [-0.4, -0.2) is 42.2 Å². The van der Waals surface area contributed by atoms with Gasteiger partial charge in [0.25, 0.3) is 0 Å². The number of para-hydroxylation sites is 1. The van der Waals surface area contributed by atoms with E-state index in [0.29, 0.717) is 13.2 Å². The molecule has 0 aromatic heterocycles. The van der Waals surface area contributed by atoms with Gasteiger partial charge in [0.15, 0.2) is 0 Å². The van der Waals surface area contributed by atoms with E-state index in [1.807, 2.05) is 31.2 Å². The monoisotopic (exact) mass is 294 g/mol. The lowest BCUT2D eigenvalue weighted by Crippen LogP contribution is -2.40. The Morgan fingerprint density at radius 1 is 1.38 bits per heavy atom. The summed E-state index contributed by atoms with van der Waals surface area (Å²) >= 11 is 0. The topological polar surface area (TPSA) is 78.9 Å². The van der Waals surface area contributed by atoms with Crippen molar-refractivity contribution in [2.75, 3.05) is 20.2 Å². The van der Waals surface area contributed by atoms with Crippen LogP contribution in [0.4, 0.5) is 4.79 Å². The van der Waals surface area contributed by atoms with Gasteiger partial charge in [-0.25, -0.2) is 4.79 Å². The van der Waals surface area contributed by atoms with Crippen molar-refractivity contribution in [1.82, 2.24) is 10.2 Å². The number of hydrogen-bond donors (Lipinski definition) is 2. The lowest BCUT2D eigenvalue weighted by molar-refractivity contribution is -0.141. The summed E-state index contributed by atoms with van der Waals surface area (Å²) in [7, 11) is 1.57. The zero-order valence-electron chi connectivity index (χ0n) is 12.6. The number of carboxylic acid groups (broad SMARTS) is 1. The number of nitrogens with zero attached hydrogens (tertiary/aromatic N) is 1. The Balaban J connectivity index is 2.54. The van der Waals surface area contributed by atoms with Gasteiger partial charge in [0, 0.05) is 25.7 Å². The molecule has 0 saturated heterocycles. The molecule has 1 aromatic carbocycles. The van der Waals surface area contributed by atoms with E-state index in [1.54, 1.807) is 14.0 Å². The number of nitrogens with one attached hydrogen (secondary N) is 1. The predicted molar refractivity (Wildman–Crippen MR) is 79.3 cm³/mol. The summed E-state index contributed by atoms with van der Waals surface area (Å²) in [4.78, 5) is 24.1. The van der Waals surface area contributed by atoms with Crippen molar-refractivity contribution in [3.05, 3.63) is 29.8 Å². The molecule has 1 rings (SSSR count). The molecule has 1 aromatic rings. The van der Waals surface area contributed by atoms with E-state index in [1.165, 1.54) is 4.90 Å². The number of hydrogen-bond acceptors (Lipinski definition) is 3. The summed E-state index contributed by atoms with van der Waals surface area (Å²) in [6.07, 6.45) is 0. The average molecular weight is 294 g/mol. The third-order valence-electron chi connectivity index (χ3n) is 3.02. The molecule has 0 aliphatic rings. The lowest BCUT2D eigenvalue weighted by atomic mass is 10.2. The molecule has 0 heterocycles. The van der Waals surface area contributed by atoms with Crippen LogP contribution < -0.4 is 10.1 Å². The molecule has 116 valence electrons. The number of carbonyl (C=O) groups is 2. The molecule has 0 saturated carbocycles. The SMILES string of the molecule is CCOc1ccccc1CNC(=O)N(C)CC(C)C(=O)O. The van der Waals surface area contributed by atoms with Gasteiger partial charge in [-0.05, 0) is 13.0 Å². The zero-order chi connectivity index (χ0) is 15.8. The van der Waals surface area contributed by atoms with Crippen LogP contribution in [0, 0.1) is 5.92 Å². The lowest BCUT2D eigenvalue weighted by Gasteiger charge is -2.20. The molecule has 0 radical (unpaired) electrons. The fourth-order valence-corrected chi connectivity index (χ4v) is 1.82. The number of amides is 2. The Morgan fingerprint density at radius 3 is 2.67 bits per heavy atom. The van der Waals surface area contributed by atoms with Gasteiger partial charge in [-0.2, -0.15) is 0 Å². The summed E-state index contributed by atoms with van der Waals surface area (Å²) in [5.41, 5.74) is 0.882. The number of carbonyl (C=O) groups excluding carboxylic acids is 1. The highest BCUT2D eigenvalue weighted by molar-refractivity contribution is 5.75. The van der Waals surface area contributed by atoms with Crippen molar-refractivity contribution in [3.8, 4) is 5.75 Å². The van der Waals surface area contributed by atoms with Crippen LogP contribution in [0.3, 0.4) is 0 Å². The van der Waals surface area contributed by atoms with Crippen molar-refractivity contribution >= 4 is 12.0 Å². The van der Waals surface area contributed by atoms with Crippen LogP contribution in [0.5, 0.6) is 5.75 Å². The quantitative estimate of drug-likeness (QED) is 0.805. The maximum Gasteiger partial charge on any atom is 0.317 e. The van der Waals surface area contributed by atoms with Gasteiger partial charge in [-0.1, -0.05) is 25.1 Å². The van der Waals surface area contributed by atoms with Crippen molar-refractivity contribution < 1.29 is 19.4 Å². The highest BCUT2D eigenvalue weighted by atomic mass is 16.5. The smallest absolute Gasteiger partial charge is 0.317 e. The Labute approximate surface area is 124 Å². The molecule has 6 nitrogen and oxygen atoms in total. The van der Waals surface area contributed by atoms with Gasteiger partial charge < -0.3 is 20.1 Å². The Morgan fingerprint density at radius 2 is 2.05 bits per heavy atom. The van der Waals surface area contributed by atoms with E-state index in [9.17, 15) is 9.59 Å². The molecule has 1 unspecified atom stereocenters. The van der Waals surface area contributed by atoms with Crippen molar-refractivity contribution in [3.63, 3.8) is 0 Å². The van der Waals surface area contributed by atoms with Crippen LogP contribution >= 0.6 is 0 Å². The minimum Gasteiger partial charge on any atom is -0.494 e. The number of rotatable bonds is 7. The number of aliphatic carboxylic acids is 1.